The van der Waals surface area contributed by atoms with Crippen molar-refractivity contribution in [3.63, 3.8) is 0 Å². The maximum absolute atomic E-state index is 4.11. The molecule has 1 N–H and O–H groups in total. The molecule has 0 aliphatic rings. The molecule has 0 unspecified atom stereocenters. The number of hydrogen-bond acceptors (Lipinski definition) is 4. The summed E-state index contributed by atoms with van der Waals surface area (Å²) in [5.41, 5.74) is 0.956. The van der Waals surface area contributed by atoms with Gasteiger partial charge in [-0.05, 0) is 39.1 Å². The minimum Gasteiger partial charge on any atom is -0.358 e. The van der Waals surface area contributed by atoms with Crippen LogP contribution in [0, 0.1) is 6.92 Å². The number of hydrogen-bond donors (Lipinski definition) is 1. The Bertz CT molecular complexity index is 258. The van der Waals surface area contributed by atoms with Crippen molar-refractivity contribution in [2.75, 3.05) is 32.1 Å². The van der Waals surface area contributed by atoms with Crippen molar-refractivity contribution in [3.05, 3.63) is 17.8 Å². The zero-order chi connectivity index (χ0) is 12.4. The first-order valence-electron chi connectivity index (χ1n) is 5.90. The summed E-state index contributed by atoms with van der Waals surface area (Å²) in [5, 5.41) is 11.3. The third-order valence-corrected chi connectivity index (χ3v) is 2.10. The largest absolute Gasteiger partial charge is 0.358 e. The Balaban J connectivity index is 0.00000106. The van der Waals surface area contributed by atoms with Gasteiger partial charge in [-0.2, -0.15) is 5.10 Å². The second-order valence-corrected chi connectivity index (χ2v) is 3.41. The Labute approximate surface area is 99.1 Å². The molecular weight excluding hydrogens is 200 g/mol. The fraction of sp³-hybridized carbons (Fsp3) is 0.667. The van der Waals surface area contributed by atoms with E-state index in [2.05, 4.69) is 20.4 Å². The average Bonchev–Trinajstić information content (AvgIpc) is 2.33. The molecule has 0 spiro atoms. The molecule has 1 rings (SSSR count). The van der Waals surface area contributed by atoms with Gasteiger partial charge in [0.15, 0.2) is 5.82 Å². The molecule has 0 aromatic carbocycles. The van der Waals surface area contributed by atoms with Gasteiger partial charge in [0.2, 0.25) is 0 Å². The van der Waals surface area contributed by atoms with Crippen LogP contribution in [0.1, 0.15) is 26.0 Å². The number of rotatable bonds is 5. The van der Waals surface area contributed by atoms with Crippen LogP contribution in [0.3, 0.4) is 0 Å². The molecule has 16 heavy (non-hydrogen) atoms. The molecule has 4 nitrogen and oxygen atoms in total. The second kappa shape index (κ2) is 9.09. The second-order valence-electron chi connectivity index (χ2n) is 3.41. The lowest BCUT2D eigenvalue weighted by atomic mass is 10.3. The molecule has 0 aliphatic carbocycles. The minimum absolute atomic E-state index is 0.937. The Morgan fingerprint density at radius 1 is 1.25 bits per heavy atom. The normalized spacial score (nSPS) is 9.31. The third kappa shape index (κ3) is 5.66. The summed E-state index contributed by atoms with van der Waals surface area (Å²) in [7, 11) is 4.00. The lowest BCUT2D eigenvalue weighted by Gasteiger charge is -2.16. The average molecular weight is 224 g/mol. The van der Waals surface area contributed by atoms with Crippen LogP contribution in [0.25, 0.3) is 0 Å². The lowest BCUT2D eigenvalue weighted by molar-refractivity contribution is 0.705. The zero-order valence-electron chi connectivity index (χ0n) is 11.1. The highest BCUT2D eigenvalue weighted by atomic mass is 15.2. The van der Waals surface area contributed by atoms with Crippen LogP contribution in [0.4, 0.5) is 5.82 Å². The van der Waals surface area contributed by atoms with Gasteiger partial charge in [0.25, 0.3) is 0 Å². The van der Waals surface area contributed by atoms with Crippen LogP contribution in [0.5, 0.6) is 0 Å². The summed E-state index contributed by atoms with van der Waals surface area (Å²) in [6.45, 7) is 7.97. The lowest BCUT2D eigenvalue weighted by Crippen LogP contribution is -2.23. The number of nitrogens with zero attached hydrogens (tertiary/aromatic N) is 3. The molecule has 1 aromatic rings. The highest BCUT2D eigenvalue weighted by molar-refractivity contribution is 5.35. The zero-order valence-corrected chi connectivity index (χ0v) is 11.1. The van der Waals surface area contributed by atoms with Gasteiger partial charge in [-0.3, -0.25) is 0 Å². The molecule has 0 aliphatic heterocycles. The number of aryl methyl sites for hydroxylation is 1. The molecule has 1 heterocycles. The summed E-state index contributed by atoms with van der Waals surface area (Å²) < 4.78 is 0. The van der Waals surface area contributed by atoms with Gasteiger partial charge in [0.05, 0.1) is 5.69 Å². The van der Waals surface area contributed by atoms with Gasteiger partial charge in [-0.1, -0.05) is 13.8 Å². The van der Waals surface area contributed by atoms with E-state index < -0.39 is 0 Å². The molecule has 0 amide bonds. The van der Waals surface area contributed by atoms with Gasteiger partial charge in [0.1, 0.15) is 0 Å². The highest BCUT2D eigenvalue weighted by Gasteiger charge is 2.01. The van der Waals surface area contributed by atoms with Crippen LogP contribution in [0.15, 0.2) is 12.1 Å². The summed E-state index contributed by atoms with van der Waals surface area (Å²) in [5.74, 6) is 0.937. The highest BCUT2D eigenvalue weighted by Crippen LogP contribution is 2.06. The Morgan fingerprint density at radius 3 is 2.44 bits per heavy atom. The van der Waals surface area contributed by atoms with Gasteiger partial charge < -0.3 is 10.2 Å². The molecule has 1 aromatic heterocycles. The van der Waals surface area contributed by atoms with E-state index in [9.17, 15) is 0 Å². The van der Waals surface area contributed by atoms with E-state index >= 15 is 0 Å². The van der Waals surface area contributed by atoms with Crippen LogP contribution >= 0.6 is 0 Å². The smallest absolute Gasteiger partial charge is 0.150 e. The maximum atomic E-state index is 4.11. The monoisotopic (exact) mass is 224 g/mol. The summed E-state index contributed by atoms with van der Waals surface area (Å²) >= 11 is 0. The molecular formula is C12H24N4. The first kappa shape index (κ1) is 14.8. The minimum atomic E-state index is 0.937. The Kier molecular flexibility index (Phi) is 8.43. The van der Waals surface area contributed by atoms with Crippen molar-refractivity contribution in [3.8, 4) is 0 Å². The first-order chi connectivity index (χ1) is 7.74. The van der Waals surface area contributed by atoms with E-state index in [1.807, 2.05) is 47.0 Å². The fourth-order valence-electron chi connectivity index (χ4n) is 1.20. The topological polar surface area (TPSA) is 41.0 Å². The van der Waals surface area contributed by atoms with Gasteiger partial charge >= 0.3 is 0 Å². The molecule has 0 saturated carbocycles. The van der Waals surface area contributed by atoms with E-state index in [1.165, 1.54) is 0 Å². The van der Waals surface area contributed by atoms with E-state index in [4.69, 9.17) is 0 Å². The first-order valence-corrected chi connectivity index (χ1v) is 5.90. The quantitative estimate of drug-likeness (QED) is 0.775. The van der Waals surface area contributed by atoms with Crippen molar-refractivity contribution in [2.24, 2.45) is 0 Å². The molecule has 0 bridgehead atoms. The molecule has 4 heteroatoms. The summed E-state index contributed by atoms with van der Waals surface area (Å²) in [6.07, 6.45) is 1.11. The van der Waals surface area contributed by atoms with Crippen LogP contribution in [0.2, 0.25) is 0 Å². The maximum Gasteiger partial charge on any atom is 0.150 e. The van der Waals surface area contributed by atoms with Gasteiger partial charge in [0, 0.05) is 13.6 Å². The van der Waals surface area contributed by atoms with Crippen molar-refractivity contribution in [1.29, 1.82) is 0 Å². The molecule has 92 valence electrons. The van der Waals surface area contributed by atoms with E-state index in [0.29, 0.717) is 0 Å². The third-order valence-electron chi connectivity index (χ3n) is 2.10. The van der Waals surface area contributed by atoms with Crippen molar-refractivity contribution in [2.45, 2.75) is 27.2 Å². The van der Waals surface area contributed by atoms with Crippen molar-refractivity contribution < 1.29 is 0 Å². The molecule has 0 radical (unpaired) electrons. The van der Waals surface area contributed by atoms with E-state index in [1.54, 1.807) is 0 Å². The van der Waals surface area contributed by atoms with E-state index in [-0.39, 0.29) is 0 Å². The number of aromatic nitrogens is 2. The standard InChI is InChI=1S/C10H18N4.C2H6/c1-9-5-6-10(13-12-9)14(3)8-4-7-11-2;1-2/h5-6,11H,4,7-8H2,1-3H3;1-2H3. The number of anilines is 1. The van der Waals surface area contributed by atoms with E-state index in [0.717, 1.165) is 31.0 Å². The SMILES string of the molecule is CC.CNCCCN(C)c1ccc(C)nn1. The van der Waals surface area contributed by atoms with Crippen LogP contribution < -0.4 is 10.2 Å². The Morgan fingerprint density at radius 2 is 1.94 bits per heavy atom. The molecule has 0 fully saturated rings. The van der Waals surface area contributed by atoms with Crippen LogP contribution in [-0.2, 0) is 0 Å². The van der Waals surface area contributed by atoms with Crippen molar-refractivity contribution >= 4 is 5.82 Å². The predicted octanol–water partition coefficient (Wildman–Crippen LogP) is 1.86. The van der Waals surface area contributed by atoms with Crippen molar-refractivity contribution in [1.82, 2.24) is 15.5 Å². The Hall–Kier alpha value is -1.16. The molecule has 0 saturated heterocycles. The number of nitrogens with one attached hydrogen (secondary N) is 1. The van der Waals surface area contributed by atoms with Gasteiger partial charge in [-0.25, -0.2) is 0 Å². The summed E-state index contributed by atoms with van der Waals surface area (Å²) in [6, 6.07) is 3.98. The van der Waals surface area contributed by atoms with Gasteiger partial charge in [-0.15, -0.1) is 5.10 Å². The van der Waals surface area contributed by atoms with Crippen LogP contribution in [-0.4, -0.2) is 37.4 Å². The summed E-state index contributed by atoms with van der Waals surface area (Å²) in [4.78, 5) is 2.11. The molecule has 0 atom stereocenters. The predicted molar refractivity (Wildman–Crippen MR) is 69.9 cm³/mol. The fourth-order valence-corrected chi connectivity index (χ4v) is 1.20.